The Kier molecular flexibility index (Phi) is 7.60. The first-order valence-corrected chi connectivity index (χ1v) is 11.7. The number of nitrogens with zero attached hydrogens (tertiary/aromatic N) is 1. The average molecular weight is 500 g/mol. The number of benzene rings is 3. The van der Waals surface area contributed by atoms with Gasteiger partial charge in [-0.15, -0.1) is 0 Å². The van der Waals surface area contributed by atoms with Crippen molar-refractivity contribution in [2.45, 2.75) is 6.54 Å². The van der Waals surface area contributed by atoms with Gasteiger partial charge in [0.05, 0.1) is 11.4 Å². The van der Waals surface area contributed by atoms with Crippen molar-refractivity contribution in [2.24, 2.45) is 0 Å². The largest absolute Gasteiger partial charge is 0.490 e. The van der Waals surface area contributed by atoms with Crippen molar-refractivity contribution in [3.8, 4) is 11.5 Å². The van der Waals surface area contributed by atoms with Crippen LogP contribution in [0.5, 0.6) is 11.5 Å². The maximum Gasteiger partial charge on any atom is 0.293 e. The molecule has 0 aliphatic carbocycles. The maximum absolute atomic E-state index is 12.8. The topological polar surface area (TPSA) is 55.8 Å². The number of hydrogen-bond acceptors (Lipinski definition) is 5. The summed E-state index contributed by atoms with van der Waals surface area (Å²) in [5, 5.41) is 0.464. The number of thioether (sulfide) groups is 1. The molecule has 2 amide bonds. The van der Waals surface area contributed by atoms with Crippen LogP contribution in [-0.2, 0) is 11.3 Å². The summed E-state index contributed by atoms with van der Waals surface area (Å²) < 4.78 is 11.3. The predicted molar refractivity (Wildman–Crippen MR) is 132 cm³/mol. The lowest BCUT2D eigenvalue weighted by Gasteiger charge is -2.14. The number of carbonyl (C=O) groups is 2. The zero-order valence-corrected chi connectivity index (χ0v) is 19.7. The van der Waals surface area contributed by atoms with Gasteiger partial charge in [-0.1, -0.05) is 59.6 Å². The van der Waals surface area contributed by atoms with Crippen LogP contribution < -0.4 is 9.47 Å². The van der Waals surface area contributed by atoms with E-state index in [1.807, 2.05) is 54.6 Å². The maximum atomic E-state index is 12.8. The highest BCUT2D eigenvalue weighted by atomic mass is 35.5. The molecule has 0 radical (unpaired) electrons. The van der Waals surface area contributed by atoms with Crippen molar-refractivity contribution in [2.75, 3.05) is 13.2 Å². The second-order valence-corrected chi connectivity index (χ2v) is 8.85. The van der Waals surface area contributed by atoms with E-state index in [2.05, 4.69) is 0 Å². The molecule has 1 heterocycles. The van der Waals surface area contributed by atoms with Gasteiger partial charge in [-0.05, 0) is 59.8 Å². The van der Waals surface area contributed by atoms with E-state index in [-0.39, 0.29) is 17.7 Å². The molecule has 1 fully saturated rings. The first kappa shape index (κ1) is 23.2. The number of halogens is 2. The van der Waals surface area contributed by atoms with E-state index >= 15 is 0 Å². The van der Waals surface area contributed by atoms with Gasteiger partial charge >= 0.3 is 0 Å². The Bertz CT molecular complexity index is 1160. The molecule has 5 nitrogen and oxygen atoms in total. The summed E-state index contributed by atoms with van der Waals surface area (Å²) in [5.41, 5.74) is 1.33. The van der Waals surface area contributed by atoms with E-state index in [1.165, 1.54) is 0 Å². The third-order valence-electron chi connectivity index (χ3n) is 4.79. The van der Waals surface area contributed by atoms with Crippen molar-refractivity contribution in [3.63, 3.8) is 0 Å². The summed E-state index contributed by atoms with van der Waals surface area (Å²) in [6.45, 7) is 0.852. The fraction of sp³-hybridized carbons (Fsp3) is 0.120. The van der Waals surface area contributed by atoms with Crippen LogP contribution in [0.1, 0.15) is 11.1 Å². The molecule has 3 aromatic rings. The number of rotatable bonds is 8. The van der Waals surface area contributed by atoms with Gasteiger partial charge in [0.1, 0.15) is 24.7 Å². The Morgan fingerprint density at radius 3 is 2.03 bits per heavy atom. The van der Waals surface area contributed by atoms with E-state index in [9.17, 15) is 9.59 Å². The molecule has 33 heavy (non-hydrogen) atoms. The Labute approximate surface area is 205 Å². The van der Waals surface area contributed by atoms with Gasteiger partial charge in [0.25, 0.3) is 11.1 Å². The van der Waals surface area contributed by atoms with Gasteiger partial charge in [0, 0.05) is 15.6 Å². The van der Waals surface area contributed by atoms with Gasteiger partial charge in [-0.3, -0.25) is 14.5 Å². The van der Waals surface area contributed by atoms with Gasteiger partial charge in [0.2, 0.25) is 0 Å². The van der Waals surface area contributed by atoms with E-state index < -0.39 is 0 Å². The summed E-state index contributed by atoms with van der Waals surface area (Å²) >= 11 is 13.3. The van der Waals surface area contributed by atoms with Crippen molar-refractivity contribution in [1.29, 1.82) is 0 Å². The number of hydrogen-bond donors (Lipinski definition) is 0. The molecule has 0 N–H and O–H groups in total. The Morgan fingerprint density at radius 2 is 1.39 bits per heavy atom. The lowest BCUT2D eigenvalue weighted by atomic mass is 10.2. The number of amides is 2. The second-order valence-electron chi connectivity index (χ2n) is 7.05. The Morgan fingerprint density at radius 1 is 0.788 bits per heavy atom. The Balaban J connectivity index is 1.34. The average Bonchev–Trinajstić information content (AvgIpc) is 3.08. The third-order valence-corrected chi connectivity index (χ3v) is 6.41. The van der Waals surface area contributed by atoms with Crippen molar-refractivity contribution >= 4 is 52.2 Å². The lowest BCUT2D eigenvalue weighted by Crippen LogP contribution is -2.27. The molecular weight excluding hydrogens is 481 g/mol. The third kappa shape index (κ3) is 5.90. The van der Waals surface area contributed by atoms with Crippen LogP contribution in [-0.4, -0.2) is 29.3 Å². The number of imide groups is 1. The minimum atomic E-state index is -0.376. The van der Waals surface area contributed by atoms with Gasteiger partial charge in [-0.2, -0.15) is 0 Å². The summed E-state index contributed by atoms with van der Waals surface area (Å²) in [5.74, 6) is 1.10. The van der Waals surface area contributed by atoms with Crippen LogP contribution in [0.3, 0.4) is 0 Å². The molecule has 3 aromatic carbocycles. The molecule has 8 heteroatoms. The minimum absolute atomic E-state index is 0.0261. The van der Waals surface area contributed by atoms with E-state index in [0.29, 0.717) is 39.5 Å². The number of ether oxygens (including phenoxy) is 2. The first-order valence-electron chi connectivity index (χ1n) is 10.1. The van der Waals surface area contributed by atoms with Gasteiger partial charge in [0.15, 0.2) is 0 Å². The summed E-state index contributed by atoms with van der Waals surface area (Å²) in [6.07, 6.45) is 1.68. The zero-order chi connectivity index (χ0) is 23.2. The molecule has 0 bridgehead atoms. The van der Waals surface area contributed by atoms with Crippen LogP contribution in [0, 0.1) is 0 Å². The van der Waals surface area contributed by atoms with Gasteiger partial charge < -0.3 is 9.47 Å². The van der Waals surface area contributed by atoms with E-state index in [0.717, 1.165) is 28.0 Å². The highest BCUT2D eigenvalue weighted by Gasteiger charge is 2.35. The first-order chi connectivity index (χ1) is 16.0. The van der Waals surface area contributed by atoms with Crippen molar-refractivity contribution in [3.05, 3.63) is 98.9 Å². The predicted octanol–water partition coefficient (Wildman–Crippen LogP) is 6.69. The van der Waals surface area contributed by atoms with Crippen molar-refractivity contribution < 1.29 is 19.1 Å². The van der Waals surface area contributed by atoms with Crippen LogP contribution >= 0.6 is 35.0 Å². The highest BCUT2D eigenvalue weighted by Crippen LogP contribution is 2.35. The SMILES string of the molecule is O=C1S/C(=C\c2ccc(OCCOc3ccccc3)cc2)C(=O)N1Cc1c(Cl)cccc1Cl. The Hall–Kier alpha value is -2.93. The molecule has 4 rings (SSSR count). The molecule has 168 valence electrons. The van der Waals surface area contributed by atoms with E-state index in [4.69, 9.17) is 32.7 Å². The monoisotopic (exact) mass is 499 g/mol. The molecular formula is C25H19Cl2NO4S. The van der Waals surface area contributed by atoms with Crippen LogP contribution in [0.25, 0.3) is 6.08 Å². The molecule has 1 aliphatic rings. The smallest absolute Gasteiger partial charge is 0.293 e. The van der Waals surface area contributed by atoms with Crippen molar-refractivity contribution in [1.82, 2.24) is 4.90 Å². The second kappa shape index (κ2) is 10.8. The normalized spacial score (nSPS) is 14.7. The van der Waals surface area contributed by atoms with Crippen LogP contribution in [0.4, 0.5) is 4.79 Å². The standard InChI is InChI=1S/C25H19Cl2NO4S/c26-21-7-4-8-22(27)20(21)16-28-24(29)23(33-25(28)30)15-17-9-11-19(12-10-17)32-14-13-31-18-5-2-1-3-6-18/h1-12,15H,13-14,16H2/b23-15-. The minimum Gasteiger partial charge on any atom is -0.490 e. The molecule has 1 aliphatic heterocycles. The van der Waals surface area contributed by atoms with E-state index in [1.54, 1.807) is 24.3 Å². The number of para-hydroxylation sites is 1. The molecule has 0 aromatic heterocycles. The fourth-order valence-corrected chi connectivity index (χ4v) is 4.48. The summed E-state index contributed by atoms with van der Waals surface area (Å²) in [7, 11) is 0. The van der Waals surface area contributed by atoms with Crippen LogP contribution in [0.2, 0.25) is 10.0 Å². The quantitative estimate of drug-likeness (QED) is 0.255. The molecule has 0 saturated carbocycles. The molecule has 0 unspecified atom stereocenters. The lowest BCUT2D eigenvalue weighted by molar-refractivity contribution is -0.123. The highest BCUT2D eigenvalue weighted by molar-refractivity contribution is 8.18. The molecule has 1 saturated heterocycles. The fourth-order valence-electron chi connectivity index (χ4n) is 3.13. The zero-order valence-electron chi connectivity index (χ0n) is 17.4. The molecule has 0 atom stereocenters. The summed E-state index contributed by atoms with van der Waals surface area (Å²) in [6, 6.07) is 21.9. The van der Waals surface area contributed by atoms with Gasteiger partial charge in [-0.25, -0.2) is 0 Å². The molecule has 0 spiro atoms. The number of carbonyl (C=O) groups excluding carboxylic acids is 2. The summed E-state index contributed by atoms with van der Waals surface area (Å²) in [4.78, 5) is 26.7. The van der Waals surface area contributed by atoms with Crippen LogP contribution in [0.15, 0.2) is 77.7 Å².